The van der Waals surface area contributed by atoms with Crippen LogP contribution >= 0.6 is 0 Å². The lowest BCUT2D eigenvalue weighted by atomic mass is 10.3. The number of carbonyl (C=O) groups excluding carboxylic acids is 4. The molecule has 0 aromatic carbocycles. The molecule has 1 rings (SSSR count). The maximum atomic E-state index is 12.2. The second kappa shape index (κ2) is 21.3. The van der Waals surface area contributed by atoms with Crippen molar-refractivity contribution in [1.29, 1.82) is 0 Å². The molecule has 16 heteroatoms. The third kappa shape index (κ3) is 18.2. The molecule has 51 heavy (non-hydrogen) atoms. The minimum Gasteiger partial charge on any atom is -0.462 e. The van der Waals surface area contributed by atoms with Crippen molar-refractivity contribution in [1.82, 2.24) is 0 Å². The second-order valence-electron chi connectivity index (χ2n) is 14.2. The Kier molecular flexibility index (Phi) is 19.4. The number of esters is 4. The highest BCUT2D eigenvalue weighted by Gasteiger charge is 2.56. The summed E-state index contributed by atoms with van der Waals surface area (Å²) in [7, 11) is -12.1. The molecule has 5 atom stereocenters. The minimum absolute atomic E-state index is 0.184. The molecule has 1 aliphatic rings. The zero-order chi connectivity index (χ0) is 39.0. The molecule has 0 amide bonds. The zero-order valence-electron chi connectivity index (χ0n) is 32.5. The van der Waals surface area contributed by atoms with Crippen LogP contribution in [0, 0.1) is 0 Å². The van der Waals surface area contributed by atoms with E-state index in [0.717, 1.165) is 0 Å². The van der Waals surface area contributed by atoms with Gasteiger partial charge in [-0.1, -0.05) is 26.3 Å². The van der Waals surface area contributed by atoms with Crippen LogP contribution in [0.1, 0.15) is 73.1 Å². The van der Waals surface area contributed by atoms with Gasteiger partial charge in [-0.15, -0.1) is 0 Å². The van der Waals surface area contributed by atoms with Crippen molar-refractivity contribution in [3.8, 4) is 0 Å². The number of hydrogen-bond donors (Lipinski definition) is 0. The molecule has 290 valence electrons. The van der Waals surface area contributed by atoms with Gasteiger partial charge in [-0.25, -0.2) is 19.2 Å². The van der Waals surface area contributed by atoms with Gasteiger partial charge < -0.3 is 35.4 Å². The van der Waals surface area contributed by atoms with Gasteiger partial charge in [0.05, 0.1) is 25.9 Å². The van der Waals surface area contributed by atoms with Crippen LogP contribution in [0.25, 0.3) is 0 Å². The van der Waals surface area contributed by atoms with Gasteiger partial charge in [0.2, 0.25) is 0 Å². The van der Waals surface area contributed by atoms with Crippen LogP contribution in [0.2, 0.25) is 50.4 Å². The molecular formula is C35H62O12Si4. The average molecular weight is 787 g/mol. The SMILES string of the molecule is C=C(C)C(=O)OCCCC[Si]1(C)O[Si](C)(CCCCOC(=O)C(=C)C)O[Si](C)(CCC(C)OC(=O)C(=C)C)O[Si](C)(CCCOC(=O)C(=C)C)O1. The van der Waals surface area contributed by atoms with E-state index in [1.807, 2.05) is 33.1 Å². The number of hydrogen-bond acceptors (Lipinski definition) is 12. The fourth-order valence-electron chi connectivity index (χ4n) is 5.48. The molecule has 0 aromatic rings. The van der Waals surface area contributed by atoms with E-state index in [1.54, 1.807) is 27.7 Å². The summed E-state index contributed by atoms with van der Waals surface area (Å²) in [5.41, 5.74) is 1.34. The Hall–Kier alpha value is -2.45. The molecule has 0 saturated carbocycles. The number of rotatable bonds is 22. The number of ether oxygens (including phenoxy) is 4. The zero-order valence-corrected chi connectivity index (χ0v) is 36.5. The van der Waals surface area contributed by atoms with Crippen LogP contribution in [0.3, 0.4) is 0 Å². The van der Waals surface area contributed by atoms with E-state index in [2.05, 4.69) is 26.3 Å². The quantitative estimate of drug-likeness (QED) is 0.0352. The monoisotopic (exact) mass is 786 g/mol. The fourth-order valence-corrected chi connectivity index (χ4v) is 29.0. The first-order valence-electron chi connectivity index (χ1n) is 17.7. The third-order valence-electron chi connectivity index (χ3n) is 7.96. The third-order valence-corrected chi connectivity index (χ3v) is 26.8. The average Bonchev–Trinajstić information content (AvgIpc) is 3.00. The van der Waals surface area contributed by atoms with Crippen LogP contribution in [-0.2, 0) is 54.6 Å². The Morgan fingerprint density at radius 2 is 0.784 bits per heavy atom. The maximum absolute atomic E-state index is 12.2. The van der Waals surface area contributed by atoms with Gasteiger partial charge >= 0.3 is 58.1 Å². The largest absolute Gasteiger partial charge is 0.462 e. The Balaban J connectivity index is 3.36. The van der Waals surface area contributed by atoms with Crippen molar-refractivity contribution in [2.24, 2.45) is 0 Å². The fraction of sp³-hybridized carbons (Fsp3) is 0.657. The molecule has 1 fully saturated rings. The summed E-state index contributed by atoms with van der Waals surface area (Å²) in [6.07, 6.45) is 3.22. The normalized spacial score (nSPS) is 25.4. The Labute approximate surface area is 309 Å². The highest BCUT2D eigenvalue weighted by atomic mass is 28.5. The van der Waals surface area contributed by atoms with Crippen molar-refractivity contribution in [3.63, 3.8) is 0 Å². The van der Waals surface area contributed by atoms with Gasteiger partial charge in [0.15, 0.2) is 0 Å². The number of unbranched alkanes of at least 4 members (excludes halogenated alkanes) is 2. The number of carbonyl (C=O) groups is 4. The van der Waals surface area contributed by atoms with Gasteiger partial charge in [0.1, 0.15) is 0 Å². The highest BCUT2D eigenvalue weighted by Crippen LogP contribution is 2.39. The highest BCUT2D eigenvalue weighted by molar-refractivity contribution is 6.93. The van der Waals surface area contributed by atoms with E-state index in [-0.39, 0.29) is 19.8 Å². The summed E-state index contributed by atoms with van der Waals surface area (Å²) in [5.74, 6) is -1.75. The molecule has 1 saturated heterocycles. The Morgan fingerprint density at radius 3 is 1.12 bits per heavy atom. The van der Waals surface area contributed by atoms with Crippen LogP contribution < -0.4 is 0 Å². The molecule has 1 aliphatic heterocycles. The van der Waals surface area contributed by atoms with Gasteiger partial charge in [0, 0.05) is 22.3 Å². The first kappa shape index (κ1) is 46.6. The molecule has 12 nitrogen and oxygen atoms in total. The lowest BCUT2D eigenvalue weighted by Gasteiger charge is -2.50. The van der Waals surface area contributed by atoms with E-state index in [0.29, 0.717) is 85.0 Å². The van der Waals surface area contributed by atoms with E-state index < -0.39 is 64.2 Å². The summed E-state index contributed by atoms with van der Waals surface area (Å²) in [6, 6.07) is 2.27. The predicted octanol–water partition coefficient (Wildman–Crippen LogP) is 7.56. The van der Waals surface area contributed by atoms with Crippen LogP contribution in [0.15, 0.2) is 48.6 Å². The Bertz CT molecular complexity index is 1290. The van der Waals surface area contributed by atoms with Gasteiger partial charge in [-0.3, -0.25) is 0 Å². The maximum Gasteiger partial charge on any atom is 0.333 e. The van der Waals surface area contributed by atoms with Crippen molar-refractivity contribution >= 4 is 58.1 Å². The van der Waals surface area contributed by atoms with Crippen LogP contribution in [0.4, 0.5) is 0 Å². The smallest absolute Gasteiger partial charge is 0.333 e. The molecule has 0 aliphatic carbocycles. The molecule has 5 unspecified atom stereocenters. The van der Waals surface area contributed by atoms with E-state index in [4.69, 9.17) is 35.4 Å². The van der Waals surface area contributed by atoms with E-state index >= 15 is 0 Å². The summed E-state index contributed by atoms with van der Waals surface area (Å²) in [4.78, 5) is 48.1. The summed E-state index contributed by atoms with van der Waals surface area (Å²) in [5, 5.41) is 0. The van der Waals surface area contributed by atoms with Crippen molar-refractivity contribution in [3.05, 3.63) is 48.6 Å². The van der Waals surface area contributed by atoms with Gasteiger partial charge in [0.25, 0.3) is 0 Å². The van der Waals surface area contributed by atoms with Crippen LogP contribution in [-0.4, -0.2) is 84.0 Å². The lowest BCUT2D eigenvalue weighted by molar-refractivity contribution is -0.143. The molecular weight excluding hydrogens is 725 g/mol. The van der Waals surface area contributed by atoms with Crippen molar-refractivity contribution in [2.45, 2.75) is 130 Å². The topological polar surface area (TPSA) is 142 Å². The molecule has 0 spiro atoms. The predicted molar refractivity (Wildman–Crippen MR) is 205 cm³/mol. The van der Waals surface area contributed by atoms with Crippen molar-refractivity contribution < 1.29 is 54.6 Å². The van der Waals surface area contributed by atoms with Crippen molar-refractivity contribution in [2.75, 3.05) is 19.8 Å². The summed E-state index contributed by atoms with van der Waals surface area (Å²) < 4.78 is 50.2. The first-order chi connectivity index (χ1) is 23.5. The molecule has 0 aromatic heterocycles. The van der Waals surface area contributed by atoms with Gasteiger partial charge in [-0.05, 0) is 124 Å². The van der Waals surface area contributed by atoms with Crippen LogP contribution in [0.5, 0.6) is 0 Å². The Morgan fingerprint density at radius 1 is 0.490 bits per heavy atom. The van der Waals surface area contributed by atoms with E-state index in [1.165, 1.54) is 0 Å². The van der Waals surface area contributed by atoms with Gasteiger partial charge in [-0.2, -0.15) is 0 Å². The molecule has 0 radical (unpaired) electrons. The van der Waals surface area contributed by atoms with E-state index in [9.17, 15) is 19.2 Å². The lowest BCUT2D eigenvalue weighted by Crippen LogP contribution is -2.67. The summed E-state index contributed by atoms with van der Waals surface area (Å²) in [6.45, 7) is 31.7. The molecule has 0 bridgehead atoms. The molecule has 0 N–H and O–H groups in total. The first-order valence-corrected chi connectivity index (χ1v) is 27.8. The molecule has 1 heterocycles. The minimum atomic E-state index is -3.06. The summed E-state index contributed by atoms with van der Waals surface area (Å²) >= 11 is 0. The second-order valence-corrected chi connectivity index (χ2v) is 28.6. The standard InChI is InChI=1S/C35H62O12Si4/c1-27(2)32(36)40-20-14-16-23-48(10)44-49(11,24-17-15-21-41-33(37)28(3)4)46-51(13,26-19-31(9)43-35(39)30(7)8)47-50(12,45-48)25-18-22-42-34(38)29(5)6/h31H,1,3,5,7,14-26H2,2,4,6,8-13H3.